The van der Waals surface area contributed by atoms with Gasteiger partial charge in [-0.2, -0.15) is 0 Å². The molecule has 2 aromatic rings. The van der Waals surface area contributed by atoms with E-state index in [2.05, 4.69) is 15.1 Å². The molecule has 1 amide bonds. The van der Waals surface area contributed by atoms with Gasteiger partial charge in [0.05, 0.1) is 15.7 Å². The Morgan fingerprint density at radius 2 is 2.22 bits per heavy atom. The maximum Gasteiger partial charge on any atom is 0.426 e. The van der Waals surface area contributed by atoms with Crippen LogP contribution in [0, 0.1) is 0 Å². The molecule has 0 aliphatic rings. The normalized spacial score (nSPS) is 10.3. The van der Waals surface area contributed by atoms with Crippen LogP contribution in [0.1, 0.15) is 0 Å². The van der Waals surface area contributed by atoms with Gasteiger partial charge in [-0.15, -0.1) is 0 Å². The van der Waals surface area contributed by atoms with E-state index < -0.39 is 5.63 Å². The van der Waals surface area contributed by atoms with Crippen LogP contribution in [0.2, 0.25) is 10.0 Å². The zero-order valence-corrected chi connectivity index (χ0v) is 10.5. The number of aromatic amines is 1. The lowest BCUT2D eigenvalue weighted by Crippen LogP contribution is -2.41. The number of benzene rings is 1. The average Bonchev–Trinajstić information content (AvgIpc) is 2.70. The van der Waals surface area contributed by atoms with Gasteiger partial charge in [0.25, 0.3) is 18.6 Å². The van der Waals surface area contributed by atoms with Crippen molar-refractivity contribution in [2.24, 2.45) is 0 Å². The van der Waals surface area contributed by atoms with Gasteiger partial charge in [0.15, 0.2) is 0 Å². The van der Waals surface area contributed by atoms with E-state index in [0.717, 1.165) is 6.20 Å². The second kappa shape index (κ2) is 5.24. The molecule has 0 aliphatic heterocycles. The van der Waals surface area contributed by atoms with Gasteiger partial charge in [-0.05, 0) is 17.4 Å². The number of H-pyrrole nitrogens is 1. The van der Waals surface area contributed by atoms with Crippen LogP contribution in [0.15, 0.2) is 33.7 Å². The number of halogens is 2. The minimum atomic E-state index is -0.566. The Balaban J connectivity index is 2.07. The summed E-state index contributed by atoms with van der Waals surface area (Å²) in [5.74, 6) is -0.374. The molecule has 6 nitrogen and oxygen atoms in total. The van der Waals surface area contributed by atoms with Gasteiger partial charge in [0, 0.05) is 0 Å². The highest BCUT2D eigenvalue weighted by molar-refractivity contribution is 6.43. The third-order valence-corrected chi connectivity index (χ3v) is 2.88. The van der Waals surface area contributed by atoms with Crippen LogP contribution in [0.3, 0.4) is 0 Å². The number of hydrogen-bond acceptors (Lipinski definition) is 3. The number of nitrogens with one attached hydrogen (secondary N) is 2. The van der Waals surface area contributed by atoms with Crippen molar-refractivity contribution in [1.29, 1.82) is 0 Å². The van der Waals surface area contributed by atoms with E-state index in [-0.39, 0.29) is 17.5 Å². The maximum absolute atomic E-state index is 11.7. The third kappa shape index (κ3) is 2.91. The lowest BCUT2D eigenvalue weighted by Gasteiger charge is -2.05. The van der Waals surface area contributed by atoms with Crippen LogP contribution in [0.4, 0.5) is 5.69 Å². The molecule has 0 saturated carbocycles. The first-order valence-corrected chi connectivity index (χ1v) is 5.63. The number of carbonyl (C=O) groups excluding carboxylic acids is 1. The van der Waals surface area contributed by atoms with Gasteiger partial charge in [-0.3, -0.25) is 9.32 Å². The van der Waals surface area contributed by atoms with Crippen LogP contribution >= 0.6 is 23.2 Å². The molecule has 1 aromatic carbocycles. The summed E-state index contributed by atoms with van der Waals surface area (Å²) >= 11 is 11.7. The molecule has 1 heterocycles. The standard InChI is InChI=1S/C10H7Cl2N3O3/c11-6-2-1-3-7(10(6)12)13-8(16)4-15-5-9(17)18-14-15/h1-3,5H,4H2,(H-,13,14,16,17)/p+1. The summed E-state index contributed by atoms with van der Waals surface area (Å²) < 4.78 is 5.62. The smallest absolute Gasteiger partial charge is 0.319 e. The van der Waals surface area contributed by atoms with Crippen molar-refractivity contribution in [2.45, 2.75) is 6.54 Å². The molecule has 94 valence electrons. The van der Waals surface area contributed by atoms with E-state index in [9.17, 15) is 9.59 Å². The van der Waals surface area contributed by atoms with Crippen molar-refractivity contribution in [2.75, 3.05) is 5.32 Å². The van der Waals surface area contributed by atoms with Gasteiger partial charge in [-0.25, -0.2) is 4.79 Å². The second-order valence-electron chi connectivity index (χ2n) is 3.42. The van der Waals surface area contributed by atoms with Crippen molar-refractivity contribution in [1.82, 2.24) is 5.27 Å². The zero-order valence-electron chi connectivity index (χ0n) is 8.94. The highest BCUT2D eigenvalue weighted by atomic mass is 35.5. The molecule has 0 atom stereocenters. The quantitative estimate of drug-likeness (QED) is 0.833. The molecule has 0 fully saturated rings. The Morgan fingerprint density at radius 1 is 1.44 bits per heavy atom. The van der Waals surface area contributed by atoms with Crippen LogP contribution in [0.5, 0.6) is 0 Å². The van der Waals surface area contributed by atoms with E-state index in [4.69, 9.17) is 23.2 Å². The largest absolute Gasteiger partial charge is 0.426 e. The molecule has 2 rings (SSSR count). The Kier molecular flexibility index (Phi) is 3.69. The molecule has 1 aromatic heterocycles. The van der Waals surface area contributed by atoms with E-state index in [0.29, 0.717) is 10.7 Å². The minimum Gasteiger partial charge on any atom is -0.319 e. The highest BCUT2D eigenvalue weighted by Gasteiger charge is 2.14. The van der Waals surface area contributed by atoms with Crippen molar-refractivity contribution >= 4 is 34.8 Å². The third-order valence-electron chi connectivity index (χ3n) is 2.06. The Bertz CT molecular complexity index is 635. The molecular weight excluding hydrogens is 281 g/mol. The molecule has 0 saturated heterocycles. The summed E-state index contributed by atoms with van der Waals surface area (Å²) in [6.07, 6.45) is 1.12. The minimum absolute atomic E-state index is 0.103. The summed E-state index contributed by atoms with van der Waals surface area (Å²) in [6, 6.07) is 4.90. The van der Waals surface area contributed by atoms with Crippen molar-refractivity contribution in [3.8, 4) is 0 Å². The van der Waals surface area contributed by atoms with E-state index in [1.807, 2.05) is 0 Å². The fourth-order valence-corrected chi connectivity index (χ4v) is 1.65. The van der Waals surface area contributed by atoms with Gasteiger partial charge in [0.1, 0.15) is 0 Å². The Hall–Kier alpha value is -1.79. The lowest BCUT2D eigenvalue weighted by atomic mass is 10.3. The molecule has 18 heavy (non-hydrogen) atoms. The number of carbonyl (C=O) groups is 1. The van der Waals surface area contributed by atoms with E-state index in [1.54, 1.807) is 18.2 Å². The van der Waals surface area contributed by atoms with Crippen LogP contribution in [-0.4, -0.2) is 11.2 Å². The second-order valence-corrected chi connectivity index (χ2v) is 4.20. The summed E-state index contributed by atoms with van der Waals surface area (Å²) in [5, 5.41) is 5.43. The van der Waals surface area contributed by atoms with Gasteiger partial charge >= 0.3 is 5.63 Å². The predicted molar refractivity (Wildman–Crippen MR) is 64.6 cm³/mol. The SMILES string of the molecule is O=C(C[n+]1cc(=O)o[nH]1)Nc1cccc(Cl)c1Cl. The summed E-state index contributed by atoms with van der Waals surface area (Å²) in [7, 11) is 0. The topological polar surface area (TPSA) is 79.0 Å². The zero-order chi connectivity index (χ0) is 13.1. The maximum atomic E-state index is 11.7. The summed E-state index contributed by atoms with van der Waals surface area (Å²) in [4.78, 5) is 22.4. The number of rotatable bonds is 3. The first-order chi connectivity index (χ1) is 8.56. The molecular formula is C10H8Cl2N3O3+. The number of hydrogen-bond donors (Lipinski definition) is 2. The Labute approximate surface area is 111 Å². The Morgan fingerprint density at radius 3 is 2.89 bits per heavy atom. The predicted octanol–water partition coefficient (Wildman–Crippen LogP) is 1.20. The molecule has 8 heteroatoms. The number of amides is 1. The van der Waals surface area contributed by atoms with Crippen LogP contribution < -0.4 is 15.6 Å². The molecule has 0 spiro atoms. The van der Waals surface area contributed by atoms with Gasteiger partial charge in [0.2, 0.25) is 0 Å². The molecule has 2 N–H and O–H groups in total. The van der Waals surface area contributed by atoms with Crippen molar-refractivity contribution in [3.63, 3.8) is 0 Å². The molecule has 0 bridgehead atoms. The fraction of sp³-hybridized carbons (Fsp3) is 0.100. The summed E-state index contributed by atoms with van der Waals surface area (Å²) in [6.45, 7) is -0.103. The summed E-state index contributed by atoms with van der Waals surface area (Å²) in [5.41, 5.74) is -0.163. The van der Waals surface area contributed by atoms with Crippen molar-refractivity contribution < 1.29 is 14.0 Å². The average molecular weight is 289 g/mol. The van der Waals surface area contributed by atoms with E-state index in [1.165, 1.54) is 4.68 Å². The van der Waals surface area contributed by atoms with Crippen LogP contribution in [0.25, 0.3) is 0 Å². The first-order valence-electron chi connectivity index (χ1n) is 4.88. The molecule has 0 aliphatic carbocycles. The monoisotopic (exact) mass is 288 g/mol. The first kappa shape index (κ1) is 12.7. The van der Waals surface area contributed by atoms with E-state index >= 15 is 0 Å². The molecule has 0 radical (unpaired) electrons. The number of nitrogens with zero attached hydrogens (tertiary/aromatic N) is 1. The number of anilines is 1. The van der Waals surface area contributed by atoms with Crippen LogP contribution in [-0.2, 0) is 11.3 Å². The molecule has 0 unspecified atom stereocenters. The van der Waals surface area contributed by atoms with Gasteiger partial charge < -0.3 is 5.32 Å². The lowest BCUT2D eigenvalue weighted by molar-refractivity contribution is -0.750. The fourth-order valence-electron chi connectivity index (χ4n) is 1.31. The highest BCUT2D eigenvalue weighted by Crippen LogP contribution is 2.29. The van der Waals surface area contributed by atoms with Crippen molar-refractivity contribution in [3.05, 3.63) is 44.9 Å². The van der Waals surface area contributed by atoms with Gasteiger partial charge in [-0.1, -0.05) is 34.0 Å². The number of aromatic nitrogens is 2.